The molecule has 23 heavy (non-hydrogen) atoms. The van der Waals surface area contributed by atoms with E-state index in [1.54, 1.807) is 0 Å². The summed E-state index contributed by atoms with van der Waals surface area (Å²) in [5, 5.41) is 23.4. The van der Waals surface area contributed by atoms with E-state index in [0.717, 1.165) is 26.6 Å². The minimum absolute atomic E-state index is 0.111. The van der Waals surface area contributed by atoms with Gasteiger partial charge in [-0.3, -0.25) is 4.79 Å². The van der Waals surface area contributed by atoms with Crippen LogP contribution >= 0.6 is 34.9 Å². The molecule has 1 aromatic carbocycles. The third kappa shape index (κ3) is 5.74. The molecule has 0 fully saturated rings. The summed E-state index contributed by atoms with van der Waals surface area (Å²) in [7, 11) is 0. The van der Waals surface area contributed by atoms with E-state index in [-0.39, 0.29) is 11.7 Å². The molecule has 6 nitrogen and oxygen atoms in total. The quantitative estimate of drug-likeness (QED) is 0.693. The first-order valence-corrected chi connectivity index (χ1v) is 9.60. The van der Waals surface area contributed by atoms with Crippen molar-refractivity contribution in [3.05, 3.63) is 24.3 Å². The fourth-order valence-corrected chi connectivity index (χ4v) is 3.90. The maximum absolute atomic E-state index is 12.1. The van der Waals surface area contributed by atoms with Crippen molar-refractivity contribution in [1.29, 1.82) is 5.26 Å². The zero-order chi connectivity index (χ0) is 16.5. The molecule has 0 atom stereocenters. The van der Waals surface area contributed by atoms with Gasteiger partial charge in [0.1, 0.15) is 0 Å². The van der Waals surface area contributed by atoms with Gasteiger partial charge in [0.2, 0.25) is 11.0 Å². The molecule has 2 aromatic rings. The van der Waals surface area contributed by atoms with Crippen LogP contribution in [0.5, 0.6) is 0 Å². The van der Waals surface area contributed by atoms with Crippen LogP contribution in [0.1, 0.15) is 6.92 Å². The second-order valence-electron chi connectivity index (χ2n) is 4.18. The van der Waals surface area contributed by atoms with Gasteiger partial charge in [-0.05, 0) is 19.1 Å². The van der Waals surface area contributed by atoms with Crippen molar-refractivity contribution in [3.63, 3.8) is 0 Å². The van der Waals surface area contributed by atoms with Crippen molar-refractivity contribution in [2.45, 2.75) is 16.2 Å². The van der Waals surface area contributed by atoms with Gasteiger partial charge < -0.3 is 10.6 Å². The molecular weight excluding hydrogens is 350 g/mol. The standard InChI is InChI=1S/C14H15N5OS3/c1-2-16-13-18-19-14(23-13)22-9-12(20)17-10-5-3-4-6-11(10)21-8-7-15/h3-6H,2,8-9H2,1H3,(H,16,18)(H,17,20). The van der Waals surface area contributed by atoms with E-state index in [0.29, 0.717) is 5.75 Å². The lowest BCUT2D eigenvalue weighted by molar-refractivity contribution is -0.113. The zero-order valence-corrected chi connectivity index (χ0v) is 14.9. The SMILES string of the molecule is CCNc1nnc(SCC(=O)Nc2ccccc2SCC#N)s1. The van der Waals surface area contributed by atoms with Crippen LogP contribution in [0.3, 0.4) is 0 Å². The Balaban J connectivity index is 1.88. The van der Waals surface area contributed by atoms with Gasteiger partial charge in [0.15, 0.2) is 4.34 Å². The number of hydrogen-bond acceptors (Lipinski definition) is 8. The zero-order valence-electron chi connectivity index (χ0n) is 12.4. The Morgan fingerprint density at radius 2 is 2.17 bits per heavy atom. The van der Waals surface area contributed by atoms with Crippen molar-refractivity contribution in [3.8, 4) is 6.07 Å². The van der Waals surface area contributed by atoms with E-state index in [9.17, 15) is 4.79 Å². The minimum atomic E-state index is -0.111. The fraction of sp³-hybridized carbons (Fsp3) is 0.286. The first kappa shape index (κ1) is 17.6. The van der Waals surface area contributed by atoms with Crippen molar-refractivity contribution in [2.24, 2.45) is 0 Å². The largest absolute Gasteiger partial charge is 0.360 e. The van der Waals surface area contributed by atoms with Crippen LogP contribution in [-0.2, 0) is 4.79 Å². The second-order valence-corrected chi connectivity index (χ2v) is 7.40. The van der Waals surface area contributed by atoms with Crippen LogP contribution in [0, 0.1) is 11.3 Å². The molecule has 0 saturated carbocycles. The maximum atomic E-state index is 12.1. The van der Waals surface area contributed by atoms with Gasteiger partial charge in [-0.25, -0.2) is 0 Å². The first-order chi connectivity index (χ1) is 11.2. The lowest BCUT2D eigenvalue weighted by atomic mass is 10.3. The molecule has 0 aliphatic carbocycles. The molecule has 0 aliphatic rings. The van der Waals surface area contributed by atoms with Gasteiger partial charge in [-0.1, -0.05) is 35.2 Å². The number of hydrogen-bond donors (Lipinski definition) is 2. The lowest BCUT2D eigenvalue weighted by Gasteiger charge is -2.08. The maximum Gasteiger partial charge on any atom is 0.234 e. The van der Waals surface area contributed by atoms with Crippen LogP contribution in [0.2, 0.25) is 0 Å². The summed E-state index contributed by atoms with van der Waals surface area (Å²) in [4.78, 5) is 13.0. The number of carbonyl (C=O) groups excluding carboxylic acids is 1. The molecule has 0 spiro atoms. The third-order valence-corrected chi connectivity index (χ3v) is 5.47. The molecule has 0 bridgehead atoms. The Hall–Kier alpha value is -1.76. The van der Waals surface area contributed by atoms with Gasteiger partial charge in [0, 0.05) is 11.4 Å². The second kappa shape index (κ2) is 9.39. The van der Waals surface area contributed by atoms with Crippen molar-refractivity contribution in [2.75, 3.05) is 28.7 Å². The predicted molar refractivity (Wildman–Crippen MR) is 96.2 cm³/mol. The van der Waals surface area contributed by atoms with Gasteiger partial charge in [0.05, 0.1) is 23.3 Å². The van der Waals surface area contributed by atoms with Crippen molar-refractivity contribution in [1.82, 2.24) is 10.2 Å². The predicted octanol–water partition coefficient (Wildman–Crippen LogP) is 3.32. The molecule has 120 valence electrons. The van der Waals surface area contributed by atoms with Gasteiger partial charge in [-0.15, -0.1) is 22.0 Å². The molecule has 0 radical (unpaired) electrons. The highest BCUT2D eigenvalue weighted by molar-refractivity contribution is 8.01. The average molecular weight is 366 g/mol. The first-order valence-electron chi connectivity index (χ1n) is 6.81. The number of carbonyl (C=O) groups is 1. The molecule has 2 rings (SSSR count). The van der Waals surface area contributed by atoms with Crippen molar-refractivity contribution >= 4 is 51.6 Å². The number of aromatic nitrogens is 2. The Labute approximate surface area is 147 Å². The number of nitriles is 1. The molecule has 0 aliphatic heterocycles. The number of benzene rings is 1. The van der Waals surface area contributed by atoms with Crippen LogP contribution < -0.4 is 10.6 Å². The van der Waals surface area contributed by atoms with Gasteiger partial charge >= 0.3 is 0 Å². The summed E-state index contributed by atoms with van der Waals surface area (Å²) in [5.41, 5.74) is 0.726. The Morgan fingerprint density at radius 3 is 2.96 bits per heavy atom. The molecule has 1 aromatic heterocycles. The number of para-hydroxylation sites is 1. The Bertz CT molecular complexity index is 698. The molecule has 0 saturated heterocycles. The molecule has 1 heterocycles. The van der Waals surface area contributed by atoms with E-state index in [1.807, 2.05) is 31.2 Å². The normalized spacial score (nSPS) is 10.1. The number of nitrogens with zero attached hydrogens (tertiary/aromatic N) is 3. The smallest absolute Gasteiger partial charge is 0.234 e. The summed E-state index contributed by atoms with van der Waals surface area (Å²) in [5.74, 6) is 0.498. The van der Waals surface area contributed by atoms with Crippen molar-refractivity contribution < 1.29 is 4.79 Å². The Kier molecular flexibility index (Phi) is 7.19. The third-order valence-electron chi connectivity index (χ3n) is 2.51. The lowest BCUT2D eigenvalue weighted by Crippen LogP contribution is -2.14. The molecule has 9 heteroatoms. The highest BCUT2D eigenvalue weighted by Gasteiger charge is 2.10. The monoisotopic (exact) mass is 365 g/mol. The highest BCUT2D eigenvalue weighted by atomic mass is 32.2. The summed E-state index contributed by atoms with van der Waals surface area (Å²) in [6.45, 7) is 2.78. The van der Waals surface area contributed by atoms with Crippen LogP contribution in [-0.4, -0.2) is 34.2 Å². The van der Waals surface area contributed by atoms with Crippen LogP contribution in [0.25, 0.3) is 0 Å². The Morgan fingerprint density at radius 1 is 1.35 bits per heavy atom. The summed E-state index contributed by atoms with van der Waals surface area (Å²) in [6.07, 6.45) is 0. The number of amides is 1. The fourth-order valence-electron chi connectivity index (χ4n) is 1.61. The minimum Gasteiger partial charge on any atom is -0.360 e. The average Bonchev–Trinajstić information content (AvgIpc) is 3.00. The molecule has 0 unspecified atom stereocenters. The van der Waals surface area contributed by atoms with Crippen LogP contribution in [0.4, 0.5) is 10.8 Å². The highest BCUT2D eigenvalue weighted by Crippen LogP contribution is 2.28. The van der Waals surface area contributed by atoms with E-state index < -0.39 is 0 Å². The number of thioether (sulfide) groups is 2. The van der Waals surface area contributed by atoms with E-state index >= 15 is 0 Å². The number of nitrogens with one attached hydrogen (secondary N) is 2. The topological polar surface area (TPSA) is 90.7 Å². The van der Waals surface area contributed by atoms with Gasteiger partial charge in [-0.2, -0.15) is 5.26 Å². The van der Waals surface area contributed by atoms with E-state index in [4.69, 9.17) is 5.26 Å². The van der Waals surface area contributed by atoms with Crippen LogP contribution in [0.15, 0.2) is 33.5 Å². The van der Waals surface area contributed by atoms with Gasteiger partial charge in [0.25, 0.3) is 0 Å². The molecule has 1 amide bonds. The van der Waals surface area contributed by atoms with E-state index in [2.05, 4.69) is 26.9 Å². The number of anilines is 2. The number of rotatable bonds is 8. The summed E-state index contributed by atoms with van der Waals surface area (Å²) < 4.78 is 0.753. The molecular formula is C14H15N5OS3. The van der Waals surface area contributed by atoms with E-state index in [1.165, 1.54) is 34.9 Å². The summed E-state index contributed by atoms with van der Waals surface area (Å²) >= 11 is 4.18. The molecule has 2 N–H and O–H groups in total. The summed E-state index contributed by atoms with van der Waals surface area (Å²) in [6, 6.07) is 9.54.